The normalized spacial score (nSPS) is 9.57. The molecule has 76 valence electrons. The summed E-state index contributed by atoms with van der Waals surface area (Å²) < 4.78 is 0. The number of likely N-dealkylation sites (N-methyl/N-ethyl adjacent to an activating group) is 1. The number of anilines is 2. The van der Waals surface area contributed by atoms with Gasteiger partial charge in [0.25, 0.3) is 0 Å². The van der Waals surface area contributed by atoms with Crippen molar-refractivity contribution in [3.05, 3.63) is 11.9 Å². The monoisotopic (exact) mass is 195 g/mol. The molecule has 0 aromatic carbocycles. The number of aryl methyl sites for hydroxylation is 1. The van der Waals surface area contributed by atoms with Gasteiger partial charge in [-0.15, -0.1) is 0 Å². The van der Waals surface area contributed by atoms with Crippen molar-refractivity contribution in [2.45, 2.75) is 6.92 Å². The molecule has 0 aliphatic rings. The summed E-state index contributed by atoms with van der Waals surface area (Å²) in [6, 6.07) is 1.58. The predicted molar refractivity (Wildman–Crippen MR) is 53.7 cm³/mol. The summed E-state index contributed by atoms with van der Waals surface area (Å²) >= 11 is 0. The maximum absolute atomic E-state index is 10.9. The second-order valence-electron chi connectivity index (χ2n) is 2.75. The zero-order valence-corrected chi connectivity index (χ0v) is 8.16. The topological polar surface area (TPSA) is 92.9 Å². The Morgan fingerprint density at radius 1 is 1.57 bits per heavy atom. The molecule has 1 aromatic heterocycles. The number of nitrogens with two attached hydrogens (primary N) is 1. The lowest BCUT2D eigenvalue weighted by atomic mass is 10.5. The number of hydrogen-bond acceptors (Lipinski definition) is 5. The predicted octanol–water partition coefficient (Wildman–Crippen LogP) is -0.475. The Labute approximate surface area is 81.9 Å². The Morgan fingerprint density at radius 2 is 2.29 bits per heavy atom. The molecule has 0 spiro atoms. The van der Waals surface area contributed by atoms with Gasteiger partial charge in [0.2, 0.25) is 5.91 Å². The number of amides is 1. The van der Waals surface area contributed by atoms with Crippen molar-refractivity contribution in [3.63, 3.8) is 0 Å². The summed E-state index contributed by atoms with van der Waals surface area (Å²) in [7, 11) is 1.57. The zero-order valence-electron chi connectivity index (χ0n) is 8.16. The third-order valence-electron chi connectivity index (χ3n) is 1.57. The first kappa shape index (κ1) is 10.2. The summed E-state index contributed by atoms with van der Waals surface area (Å²) in [6.07, 6.45) is 0. The summed E-state index contributed by atoms with van der Waals surface area (Å²) in [5, 5.41) is 5.32. The summed E-state index contributed by atoms with van der Waals surface area (Å²) in [5.74, 6) is 1.40. The second-order valence-corrected chi connectivity index (χ2v) is 2.75. The van der Waals surface area contributed by atoms with E-state index in [4.69, 9.17) is 5.73 Å². The van der Waals surface area contributed by atoms with E-state index in [1.807, 2.05) is 0 Å². The van der Waals surface area contributed by atoms with Crippen LogP contribution in [0.25, 0.3) is 0 Å². The van der Waals surface area contributed by atoms with Gasteiger partial charge >= 0.3 is 0 Å². The second kappa shape index (κ2) is 4.40. The first-order chi connectivity index (χ1) is 6.61. The van der Waals surface area contributed by atoms with Crippen molar-refractivity contribution >= 4 is 17.5 Å². The van der Waals surface area contributed by atoms with Gasteiger partial charge in [0, 0.05) is 13.1 Å². The van der Waals surface area contributed by atoms with Gasteiger partial charge in [0.1, 0.15) is 17.5 Å². The first-order valence-corrected chi connectivity index (χ1v) is 4.17. The van der Waals surface area contributed by atoms with E-state index in [0.717, 1.165) is 0 Å². The summed E-state index contributed by atoms with van der Waals surface area (Å²) in [6.45, 7) is 1.91. The number of aromatic nitrogens is 2. The molecule has 6 heteroatoms. The molecule has 1 heterocycles. The molecule has 14 heavy (non-hydrogen) atoms. The lowest BCUT2D eigenvalue weighted by Crippen LogP contribution is -2.26. The molecule has 0 unspecified atom stereocenters. The average Bonchev–Trinajstić information content (AvgIpc) is 2.12. The number of carbonyl (C=O) groups is 1. The molecule has 1 amide bonds. The van der Waals surface area contributed by atoms with E-state index in [-0.39, 0.29) is 12.5 Å². The summed E-state index contributed by atoms with van der Waals surface area (Å²) in [5.41, 5.74) is 5.51. The lowest BCUT2D eigenvalue weighted by Gasteiger charge is -2.05. The molecule has 0 atom stereocenters. The van der Waals surface area contributed by atoms with Crippen molar-refractivity contribution < 1.29 is 4.79 Å². The van der Waals surface area contributed by atoms with Crippen LogP contribution in [0.1, 0.15) is 5.82 Å². The Kier molecular flexibility index (Phi) is 3.22. The molecule has 0 radical (unpaired) electrons. The fraction of sp³-hybridized carbons (Fsp3) is 0.375. The Bertz CT molecular complexity index is 318. The van der Waals surface area contributed by atoms with E-state index in [9.17, 15) is 4.79 Å². The third-order valence-corrected chi connectivity index (χ3v) is 1.57. The van der Waals surface area contributed by atoms with E-state index in [0.29, 0.717) is 17.5 Å². The van der Waals surface area contributed by atoms with Crippen molar-refractivity contribution in [3.8, 4) is 0 Å². The van der Waals surface area contributed by atoms with Crippen LogP contribution in [0.3, 0.4) is 0 Å². The smallest absolute Gasteiger partial charge is 0.239 e. The molecule has 4 N–H and O–H groups in total. The minimum atomic E-state index is -0.111. The van der Waals surface area contributed by atoms with Gasteiger partial charge in [-0.3, -0.25) is 4.79 Å². The molecular weight excluding hydrogens is 182 g/mol. The van der Waals surface area contributed by atoms with Gasteiger partial charge in [-0.1, -0.05) is 0 Å². The highest BCUT2D eigenvalue weighted by molar-refractivity contribution is 5.80. The molecular formula is C8H13N5O. The first-order valence-electron chi connectivity index (χ1n) is 4.17. The van der Waals surface area contributed by atoms with Gasteiger partial charge in [-0.25, -0.2) is 9.97 Å². The van der Waals surface area contributed by atoms with Crippen LogP contribution in [0, 0.1) is 6.92 Å². The highest BCUT2D eigenvalue weighted by Crippen LogP contribution is 2.06. The van der Waals surface area contributed by atoms with Crippen LogP contribution in [0.2, 0.25) is 0 Å². The van der Waals surface area contributed by atoms with Gasteiger partial charge < -0.3 is 16.4 Å². The molecule has 0 fully saturated rings. The molecule has 0 aliphatic heterocycles. The van der Waals surface area contributed by atoms with Gasteiger partial charge in [0.15, 0.2) is 0 Å². The SMILES string of the molecule is CNC(=O)CNc1cc(N)nc(C)n1. The Balaban J connectivity index is 2.63. The van der Waals surface area contributed by atoms with Crippen molar-refractivity contribution in [1.29, 1.82) is 0 Å². The molecule has 1 aromatic rings. The van der Waals surface area contributed by atoms with Gasteiger partial charge in [-0.05, 0) is 6.92 Å². The number of nitrogen functional groups attached to an aromatic ring is 1. The minimum Gasteiger partial charge on any atom is -0.384 e. The van der Waals surface area contributed by atoms with Crippen LogP contribution in [-0.4, -0.2) is 29.5 Å². The number of rotatable bonds is 3. The van der Waals surface area contributed by atoms with Crippen LogP contribution in [0.5, 0.6) is 0 Å². The molecule has 6 nitrogen and oxygen atoms in total. The largest absolute Gasteiger partial charge is 0.384 e. The van der Waals surface area contributed by atoms with E-state index < -0.39 is 0 Å². The zero-order chi connectivity index (χ0) is 10.6. The Morgan fingerprint density at radius 3 is 2.86 bits per heavy atom. The lowest BCUT2D eigenvalue weighted by molar-refractivity contribution is -0.118. The number of carbonyl (C=O) groups excluding carboxylic acids is 1. The average molecular weight is 195 g/mol. The summed E-state index contributed by atoms with van der Waals surface area (Å²) in [4.78, 5) is 18.9. The van der Waals surface area contributed by atoms with Crippen molar-refractivity contribution in [2.75, 3.05) is 24.6 Å². The number of nitrogens with one attached hydrogen (secondary N) is 2. The van der Waals surface area contributed by atoms with Crippen molar-refractivity contribution in [1.82, 2.24) is 15.3 Å². The molecule has 0 bridgehead atoms. The highest BCUT2D eigenvalue weighted by atomic mass is 16.1. The molecule has 1 rings (SSSR count). The quantitative estimate of drug-likeness (QED) is 0.606. The Hall–Kier alpha value is -1.85. The molecule has 0 saturated heterocycles. The van der Waals surface area contributed by atoms with Gasteiger partial charge in [-0.2, -0.15) is 0 Å². The highest BCUT2D eigenvalue weighted by Gasteiger charge is 2.01. The maximum Gasteiger partial charge on any atom is 0.239 e. The molecule has 0 aliphatic carbocycles. The fourth-order valence-corrected chi connectivity index (χ4v) is 0.941. The van der Waals surface area contributed by atoms with Crippen LogP contribution in [-0.2, 0) is 4.79 Å². The standard InChI is InChI=1S/C8H13N5O/c1-5-12-6(9)3-7(13-5)11-4-8(14)10-2/h3H,4H2,1-2H3,(H,10,14)(H3,9,11,12,13). The van der Waals surface area contributed by atoms with Crippen LogP contribution in [0.4, 0.5) is 11.6 Å². The van der Waals surface area contributed by atoms with E-state index in [1.165, 1.54) is 0 Å². The van der Waals surface area contributed by atoms with Crippen molar-refractivity contribution in [2.24, 2.45) is 0 Å². The van der Waals surface area contributed by atoms with E-state index in [1.54, 1.807) is 20.0 Å². The fourth-order valence-electron chi connectivity index (χ4n) is 0.941. The van der Waals surface area contributed by atoms with E-state index in [2.05, 4.69) is 20.6 Å². The number of hydrogen-bond donors (Lipinski definition) is 3. The third kappa shape index (κ3) is 2.89. The van der Waals surface area contributed by atoms with Crippen LogP contribution < -0.4 is 16.4 Å². The maximum atomic E-state index is 10.9. The van der Waals surface area contributed by atoms with Gasteiger partial charge in [0.05, 0.1) is 6.54 Å². The van der Waals surface area contributed by atoms with Crippen LogP contribution in [0.15, 0.2) is 6.07 Å². The molecule has 0 saturated carbocycles. The number of nitrogens with zero attached hydrogens (tertiary/aromatic N) is 2. The van der Waals surface area contributed by atoms with Crippen LogP contribution >= 0.6 is 0 Å². The minimum absolute atomic E-state index is 0.111. The van der Waals surface area contributed by atoms with E-state index >= 15 is 0 Å².